The van der Waals surface area contributed by atoms with Crippen LogP contribution in [-0.2, 0) is 0 Å². The average molecular weight is 283 g/mol. The van der Waals surface area contributed by atoms with E-state index in [2.05, 4.69) is 19.2 Å². The molecule has 0 bridgehead atoms. The second-order valence-corrected chi connectivity index (χ2v) is 6.00. The highest BCUT2D eigenvalue weighted by Crippen LogP contribution is 2.34. The second-order valence-electron chi connectivity index (χ2n) is 5.56. The van der Waals surface area contributed by atoms with E-state index in [4.69, 9.17) is 11.6 Å². The molecule has 5 heteroatoms. The summed E-state index contributed by atoms with van der Waals surface area (Å²) >= 11 is 5.82. The van der Waals surface area contributed by atoms with Crippen molar-refractivity contribution in [3.05, 3.63) is 33.3 Å². The van der Waals surface area contributed by atoms with E-state index < -0.39 is 0 Å². The lowest BCUT2D eigenvalue weighted by Crippen LogP contribution is -2.33. The summed E-state index contributed by atoms with van der Waals surface area (Å²) in [5.74, 6) is 1.27. The molecule has 0 radical (unpaired) electrons. The van der Waals surface area contributed by atoms with Gasteiger partial charge in [-0.25, -0.2) is 0 Å². The molecule has 0 heterocycles. The third-order valence-electron chi connectivity index (χ3n) is 3.93. The van der Waals surface area contributed by atoms with E-state index in [0.29, 0.717) is 22.7 Å². The van der Waals surface area contributed by atoms with Crippen molar-refractivity contribution in [2.24, 2.45) is 11.8 Å². The van der Waals surface area contributed by atoms with Crippen LogP contribution in [-0.4, -0.2) is 11.0 Å². The molecular formula is C14H19ClN2O2. The van der Waals surface area contributed by atoms with Crippen molar-refractivity contribution in [2.45, 2.75) is 39.2 Å². The van der Waals surface area contributed by atoms with Crippen molar-refractivity contribution in [2.75, 3.05) is 5.32 Å². The Bertz CT molecular complexity index is 479. The predicted octanol–water partition coefficient (Wildman–Crippen LogP) is 4.48. The molecule has 1 aromatic rings. The Hall–Kier alpha value is -1.29. The van der Waals surface area contributed by atoms with Gasteiger partial charge in [-0.05, 0) is 43.2 Å². The van der Waals surface area contributed by atoms with Gasteiger partial charge in [-0.3, -0.25) is 10.1 Å². The van der Waals surface area contributed by atoms with Crippen LogP contribution < -0.4 is 5.32 Å². The van der Waals surface area contributed by atoms with Crippen LogP contribution in [0.2, 0.25) is 5.02 Å². The van der Waals surface area contributed by atoms with Gasteiger partial charge >= 0.3 is 0 Å². The lowest BCUT2D eigenvalue weighted by Gasteiger charge is -2.33. The van der Waals surface area contributed by atoms with Gasteiger partial charge in [-0.2, -0.15) is 0 Å². The maximum absolute atomic E-state index is 11.1. The van der Waals surface area contributed by atoms with Gasteiger partial charge in [0.15, 0.2) is 0 Å². The molecule has 3 unspecified atom stereocenters. The summed E-state index contributed by atoms with van der Waals surface area (Å²) < 4.78 is 0. The first kappa shape index (κ1) is 14.1. The van der Waals surface area contributed by atoms with E-state index in [9.17, 15) is 10.1 Å². The maximum atomic E-state index is 11.1. The van der Waals surface area contributed by atoms with Gasteiger partial charge in [-0.15, -0.1) is 0 Å². The number of nitrogens with zero attached hydrogens (tertiary/aromatic N) is 1. The fourth-order valence-corrected chi connectivity index (χ4v) is 3.02. The molecule has 3 atom stereocenters. The van der Waals surface area contributed by atoms with Crippen LogP contribution in [0.15, 0.2) is 18.2 Å². The van der Waals surface area contributed by atoms with E-state index in [1.165, 1.54) is 18.9 Å². The van der Waals surface area contributed by atoms with Crippen molar-refractivity contribution in [1.29, 1.82) is 0 Å². The molecule has 1 aromatic carbocycles. The summed E-state index contributed by atoms with van der Waals surface area (Å²) in [6, 6.07) is 5.09. The number of anilines is 1. The molecule has 1 fully saturated rings. The van der Waals surface area contributed by atoms with E-state index >= 15 is 0 Å². The highest BCUT2D eigenvalue weighted by atomic mass is 35.5. The molecule has 0 amide bonds. The Labute approximate surface area is 118 Å². The van der Waals surface area contributed by atoms with Crippen molar-refractivity contribution < 1.29 is 4.92 Å². The molecule has 1 aliphatic rings. The normalized spacial score (nSPS) is 27.0. The molecule has 0 spiro atoms. The van der Waals surface area contributed by atoms with E-state index in [1.807, 2.05) is 0 Å². The molecule has 1 N–H and O–H groups in total. The number of rotatable bonds is 3. The molecule has 19 heavy (non-hydrogen) atoms. The molecule has 1 aliphatic carbocycles. The van der Waals surface area contributed by atoms with Crippen LogP contribution in [0.5, 0.6) is 0 Å². The number of hydrogen-bond donors (Lipinski definition) is 1. The number of halogens is 1. The van der Waals surface area contributed by atoms with Crippen molar-refractivity contribution in [1.82, 2.24) is 0 Å². The number of nitro groups is 1. The van der Waals surface area contributed by atoms with Gasteiger partial charge in [0.25, 0.3) is 5.69 Å². The molecule has 0 aliphatic heterocycles. The Morgan fingerprint density at radius 2 is 2.11 bits per heavy atom. The molecule has 4 nitrogen and oxygen atoms in total. The van der Waals surface area contributed by atoms with E-state index in [-0.39, 0.29) is 10.6 Å². The lowest BCUT2D eigenvalue weighted by molar-refractivity contribution is -0.384. The summed E-state index contributed by atoms with van der Waals surface area (Å²) in [6.07, 6.45) is 3.39. The minimum Gasteiger partial charge on any atom is -0.376 e. The fraction of sp³-hybridized carbons (Fsp3) is 0.571. The zero-order chi connectivity index (χ0) is 14.0. The van der Waals surface area contributed by atoms with Gasteiger partial charge in [-0.1, -0.05) is 25.4 Å². The van der Waals surface area contributed by atoms with Crippen LogP contribution in [0.3, 0.4) is 0 Å². The zero-order valence-electron chi connectivity index (χ0n) is 11.2. The molecule has 0 aromatic heterocycles. The highest BCUT2D eigenvalue weighted by molar-refractivity contribution is 6.30. The summed E-state index contributed by atoms with van der Waals surface area (Å²) in [5.41, 5.74) is 0.624. The largest absolute Gasteiger partial charge is 0.376 e. The topological polar surface area (TPSA) is 55.2 Å². The first-order chi connectivity index (χ1) is 8.97. The summed E-state index contributed by atoms with van der Waals surface area (Å²) in [5, 5.41) is 14.8. The predicted molar refractivity (Wildman–Crippen MR) is 77.7 cm³/mol. The molecule has 1 saturated carbocycles. The first-order valence-electron chi connectivity index (χ1n) is 6.68. The van der Waals surface area contributed by atoms with Crippen molar-refractivity contribution >= 4 is 23.0 Å². The van der Waals surface area contributed by atoms with E-state index in [1.54, 1.807) is 12.1 Å². The third kappa shape index (κ3) is 3.38. The fourth-order valence-electron chi connectivity index (χ4n) is 2.86. The molecule has 2 rings (SSSR count). The van der Waals surface area contributed by atoms with Gasteiger partial charge in [0.05, 0.1) is 4.92 Å². The number of benzene rings is 1. The van der Waals surface area contributed by atoms with Crippen LogP contribution >= 0.6 is 11.6 Å². The molecule has 0 saturated heterocycles. The Balaban J connectivity index is 2.17. The van der Waals surface area contributed by atoms with Crippen molar-refractivity contribution in [3.8, 4) is 0 Å². The Kier molecular flexibility index (Phi) is 4.30. The average Bonchev–Trinajstić information content (AvgIpc) is 2.34. The zero-order valence-corrected chi connectivity index (χ0v) is 12.0. The Morgan fingerprint density at radius 1 is 1.37 bits per heavy atom. The second kappa shape index (κ2) is 5.78. The van der Waals surface area contributed by atoms with Crippen molar-refractivity contribution in [3.63, 3.8) is 0 Å². The summed E-state index contributed by atoms with van der Waals surface area (Å²) in [6.45, 7) is 4.46. The quantitative estimate of drug-likeness (QED) is 0.657. The van der Waals surface area contributed by atoms with Crippen LogP contribution in [0.25, 0.3) is 0 Å². The smallest absolute Gasteiger partial charge is 0.293 e. The molecular weight excluding hydrogens is 264 g/mol. The highest BCUT2D eigenvalue weighted by Gasteiger charge is 2.27. The summed E-state index contributed by atoms with van der Waals surface area (Å²) in [4.78, 5) is 10.7. The minimum atomic E-state index is -0.385. The van der Waals surface area contributed by atoms with Gasteiger partial charge < -0.3 is 5.32 Å². The lowest BCUT2D eigenvalue weighted by atomic mass is 9.80. The van der Waals surface area contributed by atoms with Crippen LogP contribution in [0.1, 0.15) is 33.1 Å². The third-order valence-corrected chi connectivity index (χ3v) is 4.16. The van der Waals surface area contributed by atoms with Gasteiger partial charge in [0.1, 0.15) is 5.69 Å². The number of hydrogen-bond acceptors (Lipinski definition) is 3. The summed E-state index contributed by atoms with van der Waals surface area (Å²) in [7, 11) is 0. The number of nitrogens with one attached hydrogen (secondary N) is 1. The SMILES string of the molecule is CC1CCC(Nc2ccc(Cl)cc2[N+](=O)[O-])C(C)C1. The van der Waals surface area contributed by atoms with E-state index in [0.717, 1.165) is 12.3 Å². The maximum Gasteiger partial charge on any atom is 0.293 e. The Morgan fingerprint density at radius 3 is 2.74 bits per heavy atom. The minimum absolute atomic E-state index is 0.0540. The van der Waals surface area contributed by atoms with Gasteiger partial charge in [0, 0.05) is 17.1 Å². The van der Waals surface area contributed by atoms with Crippen LogP contribution in [0.4, 0.5) is 11.4 Å². The number of nitro benzene ring substituents is 1. The molecule has 104 valence electrons. The first-order valence-corrected chi connectivity index (χ1v) is 7.05. The van der Waals surface area contributed by atoms with Crippen LogP contribution in [0, 0.1) is 22.0 Å². The standard InChI is InChI=1S/C14H19ClN2O2/c1-9-3-5-12(10(2)7-9)16-13-6-4-11(15)8-14(13)17(18)19/h4,6,8-10,12,16H,3,5,7H2,1-2H3. The van der Waals surface area contributed by atoms with Gasteiger partial charge in [0.2, 0.25) is 0 Å². The monoisotopic (exact) mass is 282 g/mol.